The minimum atomic E-state index is -2.72. The molecule has 1 unspecified atom stereocenters. The Morgan fingerprint density at radius 3 is 2.39 bits per heavy atom. The summed E-state index contributed by atoms with van der Waals surface area (Å²) < 4.78 is 27.7. The van der Waals surface area contributed by atoms with Crippen LogP contribution >= 0.6 is 0 Å². The molecule has 4 rings (SSSR count). The lowest BCUT2D eigenvalue weighted by Crippen LogP contribution is -2.35. The maximum absolute atomic E-state index is 13.2. The van der Waals surface area contributed by atoms with Crippen molar-refractivity contribution in [3.8, 4) is 17.2 Å². The van der Waals surface area contributed by atoms with Crippen LogP contribution < -0.4 is 10.6 Å². The first-order valence-corrected chi connectivity index (χ1v) is 11.2. The van der Waals surface area contributed by atoms with Crippen LogP contribution in [0.2, 0.25) is 0 Å². The summed E-state index contributed by atoms with van der Waals surface area (Å²) in [5.74, 6) is 0.0814. The van der Waals surface area contributed by atoms with Crippen molar-refractivity contribution in [2.75, 3.05) is 11.9 Å². The Morgan fingerprint density at radius 1 is 1.03 bits per heavy atom. The molecule has 3 heterocycles. The van der Waals surface area contributed by atoms with Gasteiger partial charge in [0.1, 0.15) is 11.9 Å². The molecule has 1 amide bonds. The Labute approximate surface area is 206 Å². The molecule has 0 aliphatic carbocycles. The van der Waals surface area contributed by atoms with Crippen LogP contribution in [0, 0.1) is 11.3 Å². The van der Waals surface area contributed by atoms with Crippen LogP contribution in [0.1, 0.15) is 42.1 Å². The Balaban J connectivity index is 1.45. The number of nitrogens with zero attached hydrogens (tertiary/aromatic N) is 6. The highest BCUT2D eigenvalue weighted by Gasteiger charge is 2.23. The van der Waals surface area contributed by atoms with Crippen LogP contribution in [0.5, 0.6) is 0 Å². The summed E-state index contributed by atoms with van der Waals surface area (Å²) in [6, 6.07) is 12.0. The monoisotopic (exact) mass is 490 g/mol. The van der Waals surface area contributed by atoms with E-state index in [4.69, 9.17) is 5.26 Å². The number of rotatable bonds is 9. The number of aryl methyl sites for hydroxylation is 1. The molecule has 9 nitrogen and oxygen atoms in total. The molecule has 0 saturated heterocycles. The first-order chi connectivity index (χ1) is 17.3. The van der Waals surface area contributed by atoms with Gasteiger partial charge in [0.15, 0.2) is 0 Å². The molecule has 0 saturated carbocycles. The highest BCUT2D eigenvalue weighted by molar-refractivity contribution is 5.94. The van der Waals surface area contributed by atoms with E-state index in [1.165, 1.54) is 18.6 Å². The molecule has 0 radical (unpaired) electrons. The molecule has 0 aliphatic heterocycles. The number of halogens is 2. The topological polar surface area (TPSA) is 113 Å². The third kappa shape index (κ3) is 5.79. The van der Waals surface area contributed by atoms with Crippen LogP contribution in [0.25, 0.3) is 11.1 Å². The number of carbonyl (C=O) groups is 1. The van der Waals surface area contributed by atoms with E-state index in [-0.39, 0.29) is 11.8 Å². The molecule has 0 fully saturated rings. The van der Waals surface area contributed by atoms with E-state index in [0.29, 0.717) is 39.3 Å². The number of anilines is 1. The van der Waals surface area contributed by atoms with Crippen molar-refractivity contribution < 1.29 is 13.6 Å². The molecule has 36 heavy (non-hydrogen) atoms. The number of nitrogens with one attached hydrogen (secondary N) is 2. The van der Waals surface area contributed by atoms with Gasteiger partial charge in [-0.15, -0.1) is 0 Å². The van der Waals surface area contributed by atoms with Crippen LogP contribution in [0.3, 0.4) is 0 Å². The number of nitriles is 1. The van der Waals surface area contributed by atoms with Crippen molar-refractivity contribution in [2.45, 2.75) is 25.4 Å². The highest BCUT2D eigenvalue weighted by Crippen LogP contribution is 2.23. The van der Waals surface area contributed by atoms with E-state index in [2.05, 4.69) is 31.9 Å². The van der Waals surface area contributed by atoms with Gasteiger partial charge in [-0.2, -0.15) is 24.2 Å². The number of carbonyl (C=O) groups excluding carboxylic acids is 1. The van der Waals surface area contributed by atoms with Crippen LogP contribution in [0.4, 0.5) is 14.6 Å². The standard InChI is InChI=1S/C25H24F2N8O/c1-16(18-5-3-17(9-28)4-6-18)10-30-23(21-13-31-34(2)14-21)24(36)33-22-8-7-19(11-29-22)20-12-32-35(15-20)25(26)27/h3-8,11-16,23,25,30H,10H2,1-2H3,(H,29,33,36)/t16?,23-/m0/s1. The molecular formula is C25H24F2N8O. The summed E-state index contributed by atoms with van der Waals surface area (Å²) in [6.45, 7) is -0.190. The first-order valence-electron chi connectivity index (χ1n) is 11.2. The minimum absolute atomic E-state index is 0.0799. The van der Waals surface area contributed by atoms with Crippen molar-refractivity contribution in [1.82, 2.24) is 29.9 Å². The average molecular weight is 491 g/mol. The van der Waals surface area contributed by atoms with Gasteiger partial charge in [0, 0.05) is 48.9 Å². The third-order valence-electron chi connectivity index (χ3n) is 5.71. The SMILES string of the molecule is CC(CN[C@H](C(=O)Nc1ccc(-c2cnn(C(F)F)c2)cn1)c1cnn(C)c1)c1ccc(C#N)cc1. The van der Waals surface area contributed by atoms with E-state index in [0.717, 1.165) is 5.56 Å². The second-order valence-electron chi connectivity index (χ2n) is 8.33. The average Bonchev–Trinajstić information content (AvgIpc) is 3.54. The Hall–Kier alpha value is -4.43. The molecule has 0 bridgehead atoms. The van der Waals surface area contributed by atoms with Crippen molar-refractivity contribution in [1.29, 1.82) is 5.26 Å². The van der Waals surface area contributed by atoms with Crippen molar-refractivity contribution in [3.63, 3.8) is 0 Å². The van der Waals surface area contributed by atoms with Crippen molar-refractivity contribution in [2.24, 2.45) is 7.05 Å². The predicted molar refractivity (Wildman–Crippen MR) is 129 cm³/mol. The smallest absolute Gasteiger partial charge is 0.309 e. The normalized spacial score (nSPS) is 12.8. The molecular weight excluding hydrogens is 466 g/mol. The molecule has 4 aromatic rings. The molecule has 11 heteroatoms. The largest absolute Gasteiger partial charge is 0.333 e. The molecule has 3 aromatic heterocycles. The van der Waals surface area contributed by atoms with Gasteiger partial charge in [0.2, 0.25) is 5.91 Å². The van der Waals surface area contributed by atoms with Gasteiger partial charge >= 0.3 is 6.55 Å². The summed E-state index contributed by atoms with van der Waals surface area (Å²) in [5.41, 5.74) is 3.41. The number of hydrogen-bond acceptors (Lipinski definition) is 6. The third-order valence-corrected chi connectivity index (χ3v) is 5.71. The van der Waals surface area contributed by atoms with E-state index in [1.54, 1.807) is 48.4 Å². The fourth-order valence-electron chi connectivity index (χ4n) is 3.68. The zero-order chi connectivity index (χ0) is 25.7. The lowest BCUT2D eigenvalue weighted by atomic mass is 9.99. The van der Waals surface area contributed by atoms with Gasteiger partial charge in [0.25, 0.3) is 0 Å². The molecule has 2 atom stereocenters. The highest BCUT2D eigenvalue weighted by atomic mass is 19.3. The molecule has 2 N–H and O–H groups in total. The summed E-state index contributed by atoms with van der Waals surface area (Å²) in [6.07, 6.45) is 7.44. The predicted octanol–water partition coefficient (Wildman–Crippen LogP) is 4.02. The fraction of sp³-hybridized carbons (Fsp3) is 0.240. The number of hydrogen-bond donors (Lipinski definition) is 2. The Morgan fingerprint density at radius 2 is 1.81 bits per heavy atom. The summed E-state index contributed by atoms with van der Waals surface area (Å²) in [5, 5.41) is 22.9. The van der Waals surface area contributed by atoms with Gasteiger partial charge < -0.3 is 10.6 Å². The van der Waals surface area contributed by atoms with Crippen molar-refractivity contribution in [3.05, 3.63) is 84.1 Å². The quantitative estimate of drug-likeness (QED) is 0.366. The van der Waals surface area contributed by atoms with Crippen LogP contribution in [-0.4, -0.2) is 37.0 Å². The maximum atomic E-state index is 13.2. The number of aromatic nitrogens is 5. The molecule has 0 aliphatic rings. The van der Waals surface area contributed by atoms with E-state index < -0.39 is 12.6 Å². The minimum Gasteiger partial charge on any atom is -0.309 e. The van der Waals surface area contributed by atoms with Gasteiger partial charge in [-0.3, -0.25) is 9.48 Å². The molecule has 0 spiro atoms. The molecule has 1 aromatic carbocycles. The number of amides is 1. The number of benzene rings is 1. The van der Waals surface area contributed by atoms with Crippen LogP contribution in [-0.2, 0) is 11.8 Å². The lowest BCUT2D eigenvalue weighted by molar-refractivity contribution is -0.118. The Bertz CT molecular complexity index is 1360. The second kappa shape index (κ2) is 10.9. The fourth-order valence-corrected chi connectivity index (χ4v) is 3.68. The molecule has 184 valence electrons. The zero-order valence-electron chi connectivity index (χ0n) is 19.6. The van der Waals surface area contributed by atoms with E-state index >= 15 is 0 Å². The second-order valence-corrected chi connectivity index (χ2v) is 8.33. The van der Waals surface area contributed by atoms with Gasteiger partial charge in [-0.05, 0) is 35.7 Å². The first kappa shape index (κ1) is 24.7. The van der Waals surface area contributed by atoms with Crippen LogP contribution in [0.15, 0.2) is 67.4 Å². The van der Waals surface area contributed by atoms with Gasteiger partial charge in [-0.25, -0.2) is 9.67 Å². The van der Waals surface area contributed by atoms with Crippen molar-refractivity contribution >= 4 is 11.7 Å². The number of alkyl halides is 2. The van der Waals surface area contributed by atoms with E-state index in [1.807, 2.05) is 19.1 Å². The lowest BCUT2D eigenvalue weighted by Gasteiger charge is -2.20. The maximum Gasteiger partial charge on any atom is 0.333 e. The number of pyridine rings is 1. The zero-order valence-corrected chi connectivity index (χ0v) is 19.6. The van der Waals surface area contributed by atoms with Gasteiger partial charge in [0.05, 0.1) is 24.0 Å². The van der Waals surface area contributed by atoms with E-state index in [9.17, 15) is 13.6 Å². The van der Waals surface area contributed by atoms with Gasteiger partial charge in [-0.1, -0.05) is 19.1 Å². The summed E-state index contributed by atoms with van der Waals surface area (Å²) in [4.78, 5) is 17.5. The summed E-state index contributed by atoms with van der Waals surface area (Å²) in [7, 11) is 1.77. The summed E-state index contributed by atoms with van der Waals surface area (Å²) >= 11 is 0. The Kier molecular flexibility index (Phi) is 7.46.